The lowest BCUT2D eigenvalue weighted by molar-refractivity contribution is 0.0928. The lowest BCUT2D eigenvalue weighted by Crippen LogP contribution is -2.14. The van der Waals surface area contributed by atoms with E-state index in [9.17, 15) is 4.79 Å². The van der Waals surface area contributed by atoms with Crippen molar-refractivity contribution in [3.8, 4) is 5.75 Å². The van der Waals surface area contributed by atoms with Crippen molar-refractivity contribution in [1.82, 2.24) is 4.98 Å². The Kier molecular flexibility index (Phi) is 4.20. The van der Waals surface area contributed by atoms with Crippen molar-refractivity contribution in [2.45, 2.75) is 32.3 Å². The zero-order valence-corrected chi connectivity index (χ0v) is 10.2. The van der Waals surface area contributed by atoms with E-state index in [0.717, 1.165) is 24.6 Å². The summed E-state index contributed by atoms with van der Waals surface area (Å²) in [5.41, 5.74) is 0.688. The molecule has 0 aliphatic heterocycles. The van der Waals surface area contributed by atoms with Gasteiger partial charge in [0.05, 0.1) is 13.7 Å². The van der Waals surface area contributed by atoms with E-state index < -0.39 is 0 Å². The van der Waals surface area contributed by atoms with Gasteiger partial charge >= 0.3 is 0 Å². The zero-order chi connectivity index (χ0) is 12.1. The van der Waals surface area contributed by atoms with Gasteiger partial charge in [0, 0.05) is 24.6 Å². The van der Waals surface area contributed by atoms with Gasteiger partial charge in [-0.1, -0.05) is 19.3 Å². The Hall–Kier alpha value is -1.29. The molecule has 1 aromatic heterocycles. The molecule has 4 nitrogen and oxygen atoms in total. The van der Waals surface area contributed by atoms with Gasteiger partial charge in [0.1, 0.15) is 0 Å². The van der Waals surface area contributed by atoms with Crippen molar-refractivity contribution in [3.05, 3.63) is 28.2 Å². The second-order valence-corrected chi connectivity index (χ2v) is 4.53. The van der Waals surface area contributed by atoms with Crippen molar-refractivity contribution in [2.75, 3.05) is 13.7 Å². The third-order valence-corrected chi connectivity index (χ3v) is 3.31. The van der Waals surface area contributed by atoms with Gasteiger partial charge in [-0.15, -0.1) is 0 Å². The minimum absolute atomic E-state index is 0.108. The molecule has 0 spiro atoms. The Morgan fingerprint density at radius 3 is 2.88 bits per heavy atom. The largest absolute Gasteiger partial charge is 0.491 e. The number of rotatable bonds is 6. The fourth-order valence-electron chi connectivity index (χ4n) is 1.96. The molecule has 0 amide bonds. The molecule has 1 fully saturated rings. The van der Waals surface area contributed by atoms with Gasteiger partial charge in [-0.2, -0.15) is 0 Å². The molecule has 1 aromatic rings. The van der Waals surface area contributed by atoms with E-state index in [1.807, 2.05) is 0 Å². The van der Waals surface area contributed by atoms with Crippen LogP contribution in [0.15, 0.2) is 17.1 Å². The predicted molar refractivity (Wildman–Crippen MR) is 65.2 cm³/mol. The third-order valence-electron chi connectivity index (χ3n) is 3.31. The average molecular weight is 237 g/mol. The molecule has 1 aliphatic rings. The molecule has 1 saturated carbocycles. The number of aromatic amines is 1. The molecule has 1 N–H and O–H groups in total. The fraction of sp³-hybridized carbons (Fsp3) is 0.615. The van der Waals surface area contributed by atoms with Crippen LogP contribution in [0.4, 0.5) is 0 Å². The van der Waals surface area contributed by atoms with Crippen LogP contribution in [0.1, 0.15) is 31.4 Å². The van der Waals surface area contributed by atoms with E-state index in [4.69, 9.17) is 9.47 Å². The highest BCUT2D eigenvalue weighted by molar-refractivity contribution is 5.19. The SMILES string of the molecule is COc1c[nH]c(COCCC2CCC2)cc1=O. The highest BCUT2D eigenvalue weighted by atomic mass is 16.5. The molecule has 4 heteroatoms. The molecule has 0 saturated heterocycles. The Balaban J connectivity index is 1.74. The number of aromatic nitrogens is 1. The first kappa shape index (κ1) is 12.2. The van der Waals surface area contributed by atoms with Crippen molar-refractivity contribution < 1.29 is 9.47 Å². The second-order valence-electron chi connectivity index (χ2n) is 4.53. The lowest BCUT2D eigenvalue weighted by Gasteiger charge is -2.24. The van der Waals surface area contributed by atoms with E-state index in [2.05, 4.69) is 4.98 Å². The first-order valence-corrected chi connectivity index (χ1v) is 6.13. The van der Waals surface area contributed by atoms with Crippen molar-refractivity contribution in [3.63, 3.8) is 0 Å². The number of H-pyrrole nitrogens is 1. The summed E-state index contributed by atoms with van der Waals surface area (Å²) in [7, 11) is 1.49. The van der Waals surface area contributed by atoms with Crippen LogP contribution in [0, 0.1) is 5.92 Å². The van der Waals surface area contributed by atoms with Crippen LogP contribution in [0.3, 0.4) is 0 Å². The zero-order valence-electron chi connectivity index (χ0n) is 10.2. The topological polar surface area (TPSA) is 51.3 Å². The molecule has 0 atom stereocenters. The van der Waals surface area contributed by atoms with Gasteiger partial charge in [0.25, 0.3) is 0 Å². The first-order valence-electron chi connectivity index (χ1n) is 6.13. The molecule has 17 heavy (non-hydrogen) atoms. The number of hydrogen-bond acceptors (Lipinski definition) is 3. The van der Waals surface area contributed by atoms with E-state index in [1.165, 1.54) is 32.4 Å². The molecule has 94 valence electrons. The molecule has 1 heterocycles. The molecule has 0 unspecified atom stereocenters. The summed E-state index contributed by atoms with van der Waals surface area (Å²) in [5.74, 6) is 1.20. The second kappa shape index (κ2) is 5.87. The standard InChI is InChI=1S/C13H19NO3/c1-16-13-8-14-11(7-12(13)15)9-17-6-5-10-3-2-4-10/h7-8,10H,2-6,9H2,1H3,(H,14,15). The Labute approximate surface area is 101 Å². The van der Waals surface area contributed by atoms with Crippen LogP contribution >= 0.6 is 0 Å². The summed E-state index contributed by atoms with van der Waals surface area (Å²) < 4.78 is 10.4. The van der Waals surface area contributed by atoms with Gasteiger partial charge < -0.3 is 14.5 Å². The Bertz CT molecular complexity index is 409. The smallest absolute Gasteiger partial charge is 0.223 e. The highest BCUT2D eigenvalue weighted by Gasteiger charge is 2.16. The monoisotopic (exact) mass is 237 g/mol. The summed E-state index contributed by atoms with van der Waals surface area (Å²) in [6.07, 6.45) is 6.79. The minimum atomic E-state index is -0.108. The molecular weight excluding hydrogens is 218 g/mol. The number of hydrogen-bond donors (Lipinski definition) is 1. The molecule has 1 aliphatic carbocycles. The van der Waals surface area contributed by atoms with E-state index in [0.29, 0.717) is 12.4 Å². The van der Waals surface area contributed by atoms with Crippen LogP contribution in [0.25, 0.3) is 0 Å². The van der Waals surface area contributed by atoms with E-state index in [-0.39, 0.29) is 5.43 Å². The van der Waals surface area contributed by atoms with Crippen LogP contribution in [-0.4, -0.2) is 18.7 Å². The maximum atomic E-state index is 11.5. The fourth-order valence-corrected chi connectivity index (χ4v) is 1.96. The van der Waals surface area contributed by atoms with Gasteiger partial charge in [-0.05, 0) is 12.3 Å². The summed E-state index contributed by atoms with van der Waals surface area (Å²) in [6.45, 7) is 1.24. The number of ether oxygens (including phenoxy) is 2. The van der Waals surface area contributed by atoms with Gasteiger partial charge in [0.2, 0.25) is 5.43 Å². The predicted octanol–water partition coefficient (Wildman–Crippen LogP) is 2.09. The molecule has 2 rings (SSSR count). The maximum Gasteiger partial charge on any atom is 0.223 e. The molecule has 0 bridgehead atoms. The average Bonchev–Trinajstić information content (AvgIpc) is 2.26. The molecule has 0 radical (unpaired) electrons. The van der Waals surface area contributed by atoms with Gasteiger partial charge in [-0.3, -0.25) is 4.79 Å². The normalized spacial score (nSPS) is 15.6. The molecule has 0 aromatic carbocycles. The van der Waals surface area contributed by atoms with Crippen molar-refractivity contribution in [2.24, 2.45) is 5.92 Å². The summed E-state index contributed by atoms with van der Waals surface area (Å²) in [5, 5.41) is 0. The highest BCUT2D eigenvalue weighted by Crippen LogP contribution is 2.29. The number of pyridine rings is 1. The minimum Gasteiger partial charge on any atom is -0.491 e. The summed E-state index contributed by atoms with van der Waals surface area (Å²) in [6, 6.07) is 1.53. The lowest BCUT2D eigenvalue weighted by atomic mass is 9.83. The maximum absolute atomic E-state index is 11.5. The van der Waals surface area contributed by atoms with Crippen LogP contribution in [0.2, 0.25) is 0 Å². The summed E-state index contributed by atoms with van der Waals surface area (Å²) in [4.78, 5) is 14.5. The Morgan fingerprint density at radius 1 is 1.47 bits per heavy atom. The first-order chi connectivity index (χ1) is 8.29. The van der Waals surface area contributed by atoms with E-state index in [1.54, 1.807) is 6.20 Å². The molecular formula is C13H19NO3. The quantitative estimate of drug-likeness (QED) is 0.771. The van der Waals surface area contributed by atoms with Gasteiger partial charge in [0.15, 0.2) is 5.75 Å². The number of methoxy groups -OCH3 is 1. The third kappa shape index (κ3) is 3.33. The van der Waals surface area contributed by atoms with Crippen molar-refractivity contribution >= 4 is 0 Å². The van der Waals surface area contributed by atoms with Gasteiger partial charge in [-0.25, -0.2) is 0 Å². The Morgan fingerprint density at radius 2 is 2.29 bits per heavy atom. The van der Waals surface area contributed by atoms with Crippen LogP contribution < -0.4 is 10.2 Å². The number of nitrogens with one attached hydrogen (secondary N) is 1. The van der Waals surface area contributed by atoms with Crippen LogP contribution in [0.5, 0.6) is 5.75 Å². The summed E-state index contributed by atoms with van der Waals surface area (Å²) >= 11 is 0. The van der Waals surface area contributed by atoms with Crippen molar-refractivity contribution in [1.29, 1.82) is 0 Å². The van der Waals surface area contributed by atoms with E-state index >= 15 is 0 Å². The van der Waals surface area contributed by atoms with Crippen LogP contribution in [-0.2, 0) is 11.3 Å².